The highest BCUT2D eigenvalue weighted by Crippen LogP contribution is 2.68. The molecule has 3 saturated carbocycles. The molecule has 28 heavy (non-hydrogen) atoms. The van der Waals surface area contributed by atoms with Gasteiger partial charge in [0.1, 0.15) is 5.82 Å². The Morgan fingerprint density at radius 3 is 2.18 bits per heavy atom. The molecular formula is C21H19Cl2FN2O2. The van der Waals surface area contributed by atoms with Crippen molar-refractivity contribution in [3.63, 3.8) is 0 Å². The number of carbonyl (C=O) groups excluding carboxylic acids is 2. The summed E-state index contributed by atoms with van der Waals surface area (Å²) >= 11 is 11.9. The average Bonchev–Trinajstić information content (AvgIpc) is 2.59. The molecule has 1 atom stereocenters. The number of rotatable bonds is 5. The maximum Gasteiger partial charge on any atom is 0.251 e. The van der Waals surface area contributed by atoms with Gasteiger partial charge in [0.25, 0.3) is 11.8 Å². The highest BCUT2D eigenvalue weighted by Gasteiger charge is 2.70. The van der Waals surface area contributed by atoms with E-state index in [1.807, 2.05) is 6.92 Å². The third kappa shape index (κ3) is 3.27. The zero-order valence-electron chi connectivity index (χ0n) is 15.2. The van der Waals surface area contributed by atoms with Crippen molar-refractivity contribution in [3.05, 3.63) is 69.5 Å². The van der Waals surface area contributed by atoms with Gasteiger partial charge in [0.05, 0.1) is 10.0 Å². The number of halogens is 3. The van der Waals surface area contributed by atoms with Crippen LogP contribution in [0.15, 0.2) is 42.5 Å². The van der Waals surface area contributed by atoms with Gasteiger partial charge >= 0.3 is 0 Å². The minimum Gasteiger partial charge on any atom is -0.349 e. The minimum atomic E-state index is -0.372. The lowest BCUT2D eigenvalue weighted by Gasteiger charge is -2.72. The molecule has 0 saturated heterocycles. The van der Waals surface area contributed by atoms with Crippen LogP contribution in [0.25, 0.3) is 0 Å². The highest BCUT2D eigenvalue weighted by molar-refractivity contribution is 6.42. The van der Waals surface area contributed by atoms with Crippen molar-refractivity contribution < 1.29 is 14.0 Å². The summed E-state index contributed by atoms with van der Waals surface area (Å²) in [6.07, 6.45) is 2.45. The van der Waals surface area contributed by atoms with E-state index < -0.39 is 0 Å². The standard InChI is InChI=1S/C21H19Cl2FN2O2/c1-12(25-18(27)13-2-5-15(24)6-3-13)20-9-21(10-20,11-20)26-19(28)14-4-7-16(22)17(23)8-14/h2-8,12H,9-11H2,1H3,(H,25,27)(H,26,28). The van der Waals surface area contributed by atoms with Gasteiger partial charge in [-0.2, -0.15) is 0 Å². The molecule has 2 N–H and O–H groups in total. The maximum atomic E-state index is 13.0. The Hall–Kier alpha value is -2.11. The SMILES string of the molecule is CC(NC(=O)c1ccc(F)cc1)C12CC(NC(=O)c3ccc(Cl)c(Cl)c3)(C1)C2. The number of hydrogen-bond donors (Lipinski definition) is 2. The van der Waals surface area contributed by atoms with Crippen LogP contribution in [0.4, 0.5) is 4.39 Å². The maximum absolute atomic E-state index is 13.0. The highest BCUT2D eigenvalue weighted by atomic mass is 35.5. The van der Waals surface area contributed by atoms with E-state index in [0.29, 0.717) is 21.2 Å². The number of nitrogens with one attached hydrogen (secondary N) is 2. The minimum absolute atomic E-state index is 0.000607. The Kier molecular flexibility index (Phi) is 4.63. The number of amides is 2. The first-order valence-electron chi connectivity index (χ1n) is 9.06. The van der Waals surface area contributed by atoms with Crippen molar-refractivity contribution in [1.82, 2.24) is 10.6 Å². The predicted molar refractivity (Wildman–Crippen MR) is 106 cm³/mol. The van der Waals surface area contributed by atoms with Crippen LogP contribution in [0.2, 0.25) is 10.0 Å². The van der Waals surface area contributed by atoms with Gasteiger partial charge in [-0.3, -0.25) is 9.59 Å². The van der Waals surface area contributed by atoms with Crippen LogP contribution in [0.5, 0.6) is 0 Å². The Bertz CT molecular complexity index is 942. The normalized spacial score (nSPS) is 25.9. The number of carbonyl (C=O) groups is 2. The van der Waals surface area contributed by atoms with E-state index in [1.165, 1.54) is 24.3 Å². The summed E-state index contributed by atoms with van der Waals surface area (Å²) in [5.74, 6) is -0.760. The van der Waals surface area contributed by atoms with E-state index in [4.69, 9.17) is 23.2 Å². The fourth-order valence-corrected chi connectivity index (χ4v) is 4.74. The molecule has 146 valence electrons. The van der Waals surface area contributed by atoms with Crippen molar-refractivity contribution in [2.24, 2.45) is 5.41 Å². The van der Waals surface area contributed by atoms with Crippen molar-refractivity contribution in [2.45, 2.75) is 37.8 Å². The van der Waals surface area contributed by atoms with Gasteiger partial charge in [-0.15, -0.1) is 0 Å². The zero-order valence-corrected chi connectivity index (χ0v) is 16.7. The van der Waals surface area contributed by atoms with E-state index in [1.54, 1.807) is 18.2 Å². The summed E-state index contributed by atoms with van der Waals surface area (Å²) in [6, 6.07) is 10.3. The van der Waals surface area contributed by atoms with Gasteiger partial charge < -0.3 is 10.6 Å². The molecule has 5 rings (SSSR count). The molecule has 3 fully saturated rings. The lowest BCUT2D eigenvalue weighted by molar-refractivity contribution is -0.163. The van der Waals surface area contributed by atoms with E-state index in [-0.39, 0.29) is 34.6 Å². The van der Waals surface area contributed by atoms with E-state index in [9.17, 15) is 14.0 Å². The second-order valence-corrected chi connectivity index (χ2v) is 8.77. The summed E-state index contributed by atoms with van der Waals surface area (Å²) in [5.41, 5.74) is 0.701. The molecule has 3 aliphatic rings. The molecule has 0 radical (unpaired) electrons. The average molecular weight is 421 g/mol. The molecule has 7 heteroatoms. The smallest absolute Gasteiger partial charge is 0.251 e. The lowest BCUT2D eigenvalue weighted by Crippen LogP contribution is -2.79. The van der Waals surface area contributed by atoms with Crippen LogP contribution < -0.4 is 10.6 Å². The Labute approximate surface area is 172 Å². The molecule has 2 amide bonds. The lowest BCUT2D eigenvalue weighted by atomic mass is 9.37. The quantitative estimate of drug-likeness (QED) is 0.741. The second-order valence-electron chi connectivity index (χ2n) is 7.96. The summed E-state index contributed by atoms with van der Waals surface area (Å²) < 4.78 is 13.0. The van der Waals surface area contributed by atoms with E-state index >= 15 is 0 Å². The third-order valence-electron chi connectivity index (χ3n) is 6.00. The Morgan fingerprint density at radius 1 is 0.964 bits per heavy atom. The molecule has 0 spiro atoms. The Morgan fingerprint density at radius 2 is 1.57 bits per heavy atom. The Balaban J connectivity index is 1.33. The van der Waals surface area contributed by atoms with Gasteiger partial charge in [-0.25, -0.2) is 4.39 Å². The molecule has 1 unspecified atom stereocenters. The van der Waals surface area contributed by atoms with Gasteiger partial charge in [0, 0.05) is 22.7 Å². The number of hydrogen-bond acceptors (Lipinski definition) is 2. The van der Waals surface area contributed by atoms with Crippen LogP contribution in [-0.4, -0.2) is 23.4 Å². The van der Waals surface area contributed by atoms with Crippen LogP contribution in [0.1, 0.15) is 46.9 Å². The van der Waals surface area contributed by atoms with Crippen molar-refractivity contribution in [3.8, 4) is 0 Å². The van der Waals surface area contributed by atoms with Crippen LogP contribution >= 0.6 is 23.2 Å². The fraction of sp³-hybridized carbons (Fsp3) is 0.333. The van der Waals surface area contributed by atoms with Crippen molar-refractivity contribution in [1.29, 1.82) is 0 Å². The summed E-state index contributed by atoms with van der Waals surface area (Å²) in [7, 11) is 0. The van der Waals surface area contributed by atoms with Crippen LogP contribution in [-0.2, 0) is 0 Å². The molecular weight excluding hydrogens is 402 g/mol. The van der Waals surface area contributed by atoms with Gasteiger partial charge in [0.15, 0.2) is 0 Å². The van der Waals surface area contributed by atoms with Gasteiger partial charge in [-0.05, 0) is 74.1 Å². The van der Waals surface area contributed by atoms with E-state index in [2.05, 4.69) is 10.6 Å². The first kappa shape index (κ1) is 19.2. The molecule has 2 bridgehead atoms. The monoisotopic (exact) mass is 420 g/mol. The largest absolute Gasteiger partial charge is 0.349 e. The van der Waals surface area contributed by atoms with Gasteiger partial charge in [-0.1, -0.05) is 23.2 Å². The van der Waals surface area contributed by atoms with Crippen LogP contribution in [0.3, 0.4) is 0 Å². The number of benzene rings is 2. The second kappa shape index (κ2) is 6.75. The van der Waals surface area contributed by atoms with Gasteiger partial charge in [0.2, 0.25) is 0 Å². The molecule has 4 nitrogen and oxygen atoms in total. The molecule has 0 heterocycles. The fourth-order valence-electron chi connectivity index (χ4n) is 4.44. The topological polar surface area (TPSA) is 58.2 Å². The van der Waals surface area contributed by atoms with Crippen LogP contribution in [0, 0.1) is 11.2 Å². The summed E-state index contributed by atoms with van der Waals surface area (Å²) in [4.78, 5) is 24.8. The summed E-state index contributed by atoms with van der Waals surface area (Å²) in [6.45, 7) is 1.98. The molecule has 0 aliphatic heterocycles. The van der Waals surface area contributed by atoms with Crippen molar-refractivity contribution >= 4 is 35.0 Å². The zero-order chi connectivity index (χ0) is 20.1. The molecule has 2 aromatic rings. The molecule has 2 aromatic carbocycles. The molecule has 3 aliphatic carbocycles. The molecule has 0 aromatic heterocycles. The first-order valence-corrected chi connectivity index (χ1v) is 9.82. The van der Waals surface area contributed by atoms with Crippen molar-refractivity contribution in [2.75, 3.05) is 0 Å². The summed E-state index contributed by atoms with van der Waals surface area (Å²) in [5, 5.41) is 6.86. The first-order chi connectivity index (χ1) is 13.2. The van der Waals surface area contributed by atoms with E-state index in [0.717, 1.165) is 19.3 Å². The predicted octanol–water partition coefficient (Wildman–Crippen LogP) is 4.60. The third-order valence-corrected chi connectivity index (χ3v) is 6.74.